The Morgan fingerprint density at radius 3 is 2.61 bits per heavy atom. The molecular weight excluding hydrogens is 425 g/mol. The van der Waals surface area contributed by atoms with Gasteiger partial charge < -0.3 is 15.4 Å². The zero-order chi connectivity index (χ0) is 16.2. The Hall–Kier alpha value is -0.830. The number of aryl methyl sites for hydroxylation is 1. The molecule has 0 atom stereocenters. The first-order valence-corrected chi connectivity index (χ1v) is 8.59. The largest absolute Gasteiger partial charge is 0.469 e. The number of ether oxygens (including phenoxy) is 1. The predicted molar refractivity (Wildman–Crippen MR) is 108 cm³/mol. The first-order chi connectivity index (χ1) is 10.7. The minimum Gasteiger partial charge on any atom is -0.469 e. The number of carbonyl (C=O) groups excluding carboxylic acids is 1. The van der Waals surface area contributed by atoms with E-state index in [9.17, 15) is 4.79 Å². The van der Waals surface area contributed by atoms with Gasteiger partial charge in [0.2, 0.25) is 0 Å². The van der Waals surface area contributed by atoms with Crippen LogP contribution in [0.5, 0.6) is 0 Å². The van der Waals surface area contributed by atoms with E-state index < -0.39 is 0 Å². The quantitative estimate of drug-likeness (QED) is 0.198. The van der Waals surface area contributed by atoms with Crippen LogP contribution >= 0.6 is 35.3 Å². The molecule has 0 amide bonds. The van der Waals surface area contributed by atoms with E-state index in [1.165, 1.54) is 17.6 Å². The van der Waals surface area contributed by atoms with E-state index in [0.29, 0.717) is 6.42 Å². The van der Waals surface area contributed by atoms with Crippen molar-refractivity contribution in [1.29, 1.82) is 0 Å². The highest BCUT2D eigenvalue weighted by molar-refractivity contribution is 14.0. The SMILES string of the molecule is CN=C(NCCCCCCC(=O)OC)NCc1sccc1C.I. The molecule has 1 rings (SSSR count). The van der Waals surface area contributed by atoms with Crippen LogP contribution in [0.4, 0.5) is 0 Å². The molecule has 0 bridgehead atoms. The molecule has 0 aromatic carbocycles. The molecule has 1 heterocycles. The summed E-state index contributed by atoms with van der Waals surface area (Å²) in [7, 11) is 3.22. The number of halogens is 1. The Labute approximate surface area is 160 Å². The third kappa shape index (κ3) is 9.80. The molecule has 0 saturated heterocycles. The molecule has 23 heavy (non-hydrogen) atoms. The minimum atomic E-state index is -0.119. The van der Waals surface area contributed by atoms with Crippen LogP contribution < -0.4 is 10.6 Å². The number of guanidine groups is 1. The molecule has 0 aliphatic heterocycles. The molecule has 0 spiro atoms. The highest BCUT2D eigenvalue weighted by Crippen LogP contribution is 2.14. The standard InChI is InChI=1S/C16H27N3O2S.HI/c1-13-9-11-22-14(13)12-19-16(17-2)18-10-7-5-4-6-8-15(20)21-3;/h9,11H,4-8,10,12H2,1-3H3,(H2,17,18,19);1H. The van der Waals surface area contributed by atoms with Gasteiger partial charge in [-0.3, -0.25) is 9.79 Å². The fraction of sp³-hybridized carbons (Fsp3) is 0.625. The van der Waals surface area contributed by atoms with E-state index in [1.54, 1.807) is 18.4 Å². The second-order valence-corrected chi connectivity index (χ2v) is 6.12. The summed E-state index contributed by atoms with van der Waals surface area (Å²) in [6, 6.07) is 2.13. The van der Waals surface area contributed by atoms with E-state index in [4.69, 9.17) is 0 Å². The van der Waals surface area contributed by atoms with Crippen molar-refractivity contribution >= 4 is 47.2 Å². The van der Waals surface area contributed by atoms with Crippen molar-refractivity contribution in [3.05, 3.63) is 21.9 Å². The highest BCUT2D eigenvalue weighted by atomic mass is 127. The summed E-state index contributed by atoms with van der Waals surface area (Å²) in [5, 5.41) is 8.75. The number of rotatable bonds is 9. The highest BCUT2D eigenvalue weighted by Gasteiger charge is 2.02. The van der Waals surface area contributed by atoms with Gasteiger partial charge in [-0.05, 0) is 36.8 Å². The van der Waals surface area contributed by atoms with Gasteiger partial charge in [-0.2, -0.15) is 0 Å². The number of nitrogens with one attached hydrogen (secondary N) is 2. The Bertz CT molecular complexity index is 478. The van der Waals surface area contributed by atoms with Crippen LogP contribution in [-0.4, -0.2) is 32.6 Å². The first-order valence-electron chi connectivity index (χ1n) is 7.71. The van der Waals surface area contributed by atoms with Gasteiger partial charge in [0.25, 0.3) is 0 Å². The monoisotopic (exact) mass is 453 g/mol. The molecule has 0 unspecified atom stereocenters. The number of unbranched alkanes of at least 4 members (excludes halogenated alkanes) is 3. The van der Waals surface area contributed by atoms with E-state index in [-0.39, 0.29) is 29.9 Å². The summed E-state index contributed by atoms with van der Waals surface area (Å²) in [6.45, 7) is 3.82. The van der Waals surface area contributed by atoms with Crippen LogP contribution in [0.3, 0.4) is 0 Å². The van der Waals surface area contributed by atoms with Crippen molar-refractivity contribution in [3.8, 4) is 0 Å². The Morgan fingerprint density at radius 1 is 1.26 bits per heavy atom. The van der Waals surface area contributed by atoms with E-state index in [0.717, 1.165) is 44.7 Å². The van der Waals surface area contributed by atoms with Gasteiger partial charge in [-0.25, -0.2) is 0 Å². The fourth-order valence-electron chi connectivity index (χ4n) is 2.03. The maximum absolute atomic E-state index is 11.0. The molecule has 1 aromatic heterocycles. The number of carbonyl (C=O) groups is 1. The number of esters is 1. The van der Waals surface area contributed by atoms with Crippen molar-refractivity contribution in [2.75, 3.05) is 20.7 Å². The van der Waals surface area contributed by atoms with Gasteiger partial charge in [0.1, 0.15) is 0 Å². The van der Waals surface area contributed by atoms with Gasteiger partial charge in [0.05, 0.1) is 13.7 Å². The number of methoxy groups -OCH3 is 1. The second-order valence-electron chi connectivity index (χ2n) is 5.12. The molecule has 1 aromatic rings. The molecule has 5 nitrogen and oxygen atoms in total. The van der Waals surface area contributed by atoms with Crippen LogP contribution in [-0.2, 0) is 16.1 Å². The number of aliphatic imine (C=N–C) groups is 1. The lowest BCUT2D eigenvalue weighted by atomic mass is 10.1. The van der Waals surface area contributed by atoms with Crippen LogP contribution in [0.1, 0.15) is 42.5 Å². The molecule has 0 aliphatic rings. The minimum absolute atomic E-state index is 0. The summed E-state index contributed by atoms with van der Waals surface area (Å²) in [6.07, 6.45) is 4.65. The Balaban J connectivity index is 0.00000484. The number of hydrogen-bond acceptors (Lipinski definition) is 4. The summed E-state index contributed by atoms with van der Waals surface area (Å²) < 4.78 is 4.62. The molecule has 0 saturated carbocycles. The van der Waals surface area contributed by atoms with Crippen LogP contribution in [0, 0.1) is 6.92 Å². The Morgan fingerprint density at radius 2 is 2.00 bits per heavy atom. The van der Waals surface area contributed by atoms with Gasteiger partial charge in [0, 0.05) is 24.9 Å². The predicted octanol–water partition coefficient (Wildman–Crippen LogP) is 3.46. The summed E-state index contributed by atoms with van der Waals surface area (Å²) in [4.78, 5) is 16.5. The van der Waals surface area contributed by atoms with Crippen molar-refractivity contribution in [2.45, 2.75) is 45.6 Å². The average molecular weight is 453 g/mol. The van der Waals surface area contributed by atoms with Gasteiger partial charge >= 0.3 is 5.97 Å². The zero-order valence-electron chi connectivity index (χ0n) is 14.2. The average Bonchev–Trinajstić information content (AvgIpc) is 2.94. The van der Waals surface area contributed by atoms with Crippen molar-refractivity contribution in [2.24, 2.45) is 4.99 Å². The van der Waals surface area contributed by atoms with Crippen molar-refractivity contribution in [3.63, 3.8) is 0 Å². The lowest BCUT2D eigenvalue weighted by molar-refractivity contribution is -0.140. The maximum atomic E-state index is 11.0. The number of thiophene rings is 1. The van der Waals surface area contributed by atoms with Crippen molar-refractivity contribution in [1.82, 2.24) is 10.6 Å². The zero-order valence-corrected chi connectivity index (χ0v) is 17.3. The first kappa shape index (κ1) is 22.2. The number of nitrogens with zero attached hydrogens (tertiary/aromatic N) is 1. The molecular formula is C16H28IN3O2S. The smallest absolute Gasteiger partial charge is 0.305 e. The normalized spacial score (nSPS) is 10.8. The van der Waals surface area contributed by atoms with E-state index in [1.807, 2.05) is 0 Å². The van der Waals surface area contributed by atoms with Crippen molar-refractivity contribution < 1.29 is 9.53 Å². The van der Waals surface area contributed by atoms with Gasteiger partial charge in [-0.15, -0.1) is 35.3 Å². The van der Waals surface area contributed by atoms with E-state index in [2.05, 4.69) is 38.7 Å². The topological polar surface area (TPSA) is 62.7 Å². The van der Waals surface area contributed by atoms with Gasteiger partial charge in [-0.1, -0.05) is 12.8 Å². The summed E-state index contributed by atoms with van der Waals surface area (Å²) >= 11 is 1.76. The third-order valence-corrected chi connectivity index (χ3v) is 4.46. The van der Waals surface area contributed by atoms with Crippen LogP contribution in [0.2, 0.25) is 0 Å². The summed E-state index contributed by atoms with van der Waals surface area (Å²) in [5.41, 5.74) is 1.32. The van der Waals surface area contributed by atoms with Crippen LogP contribution in [0.15, 0.2) is 16.4 Å². The lowest BCUT2D eigenvalue weighted by Crippen LogP contribution is -2.37. The molecule has 132 valence electrons. The van der Waals surface area contributed by atoms with Gasteiger partial charge in [0.15, 0.2) is 5.96 Å². The van der Waals surface area contributed by atoms with E-state index >= 15 is 0 Å². The second kappa shape index (κ2) is 13.6. The summed E-state index contributed by atoms with van der Waals surface area (Å²) in [5.74, 6) is 0.717. The molecule has 0 aliphatic carbocycles. The molecule has 2 N–H and O–H groups in total. The maximum Gasteiger partial charge on any atom is 0.305 e. The molecule has 0 fully saturated rings. The fourth-order valence-corrected chi connectivity index (χ4v) is 2.87. The molecule has 7 heteroatoms. The third-order valence-electron chi connectivity index (χ3n) is 3.44. The Kier molecular flexibility index (Phi) is 13.1. The number of hydrogen-bond donors (Lipinski definition) is 2. The molecule has 0 radical (unpaired) electrons. The lowest BCUT2D eigenvalue weighted by Gasteiger charge is -2.11. The van der Waals surface area contributed by atoms with Crippen LogP contribution in [0.25, 0.3) is 0 Å².